The Balaban J connectivity index is 1.76. The van der Waals surface area contributed by atoms with Crippen molar-refractivity contribution in [2.24, 2.45) is 0 Å². The van der Waals surface area contributed by atoms with Gasteiger partial charge in [-0.05, 0) is 36.1 Å². The van der Waals surface area contributed by atoms with Crippen molar-refractivity contribution in [3.05, 3.63) is 59.7 Å². The number of hydrogen-bond acceptors (Lipinski definition) is 5. The molecular weight excluding hydrogens is 332 g/mol. The molecule has 0 amide bonds. The van der Waals surface area contributed by atoms with E-state index in [4.69, 9.17) is 14.2 Å². The van der Waals surface area contributed by atoms with E-state index in [-0.39, 0.29) is 17.6 Å². The van der Waals surface area contributed by atoms with Crippen LogP contribution in [0.5, 0.6) is 23.0 Å². The molecule has 1 heterocycles. The van der Waals surface area contributed by atoms with E-state index < -0.39 is 5.79 Å². The second-order valence-electron chi connectivity index (χ2n) is 6.72. The number of methoxy groups -OCH3 is 1. The zero-order valence-corrected chi connectivity index (χ0v) is 14.2. The number of ether oxygens (including phenoxy) is 3. The summed E-state index contributed by atoms with van der Waals surface area (Å²) in [7, 11) is 1.59. The number of hydrogen-bond donors (Lipinski definition) is 2. The van der Waals surface area contributed by atoms with Crippen LogP contribution in [0.25, 0.3) is 10.8 Å². The Morgan fingerprint density at radius 1 is 0.962 bits per heavy atom. The van der Waals surface area contributed by atoms with E-state index in [0.717, 1.165) is 10.8 Å². The Bertz CT molecular complexity index is 986. The van der Waals surface area contributed by atoms with Crippen LogP contribution in [0.3, 0.4) is 0 Å². The van der Waals surface area contributed by atoms with E-state index in [1.165, 1.54) is 12.1 Å². The molecule has 5 rings (SSSR count). The smallest absolute Gasteiger partial charge is 0.282 e. The highest BCUT2D eigenvalue weighted by atomic mass is 16.7. The molecule has 1 aliphatic carbocycles. The van der Waals surface area contributed by atoms with Gasteiger partial charge in [-0.25, -0.2) is 0 Å². The number of phenolic OH excluding ortho intramolecular Hbond substituents is 2. The van der Waals surface area contributed by atoms with Gasteiger partial charge in [-0.15, -0.1) is 0 Å². The van der Waals surface area contributed by atoms with Crippen LogP contribution in [-0.2, 0) is 10.5 Å². The Morgan fingerprint density at radius 2 is 1.62 bits per heavy atom. The van der Waals surface area contributed by atoms with Gasteiger partial charge >= 0.3 is 0 Å². The molecule has 3 aromatic rings. The SMILES string of the molecule is CO[C@H]1CCC2(Oc3cccc4cccc(c34)O2)c2c(O)ccc(O)c21. The van der Waals surface area contributed by atoms with Gasteiger partial charge in [0.2, 0.25) is 0 Å². The first-order valence-electron chi connectivity index (χ1n) is 8.61. The molecule has 1 spiro atoms. The maximum absolute atomic E-state index is 10.6. The standard InChI is InChI=1S/C21H18O5/c1-24-15-10-11-21(20-14(23)9-8-13(22)19(15)20)25-16-6-2-4-12-5-3-7-17(26-21)18(12)16/h2-9,15,22-23H,10-11H2,1H3/t15-/m0/s1. The molecule has 0 aromatic heterocycles. The Morgan fingerprint density at radius 3 is 2.27 bits per heavy atom. The molecular formula is C21H18O5. The lowest BCUT2D eigenvalue weighted by Gasteiger charge is -2.44. The van der Waals surface area contributed by atoms with E-state index in [2.05, 4.69) is 0 Å². The van der Waals surface area contributed by atoms with E-state index in [1.807, 2.05) is 36.4 Å². The summed E-state index contributed by atoms with van der Waals surface area (Å²) >= 11 is 0. The highest BCUT2D eigenvalue weighted by molar-refractivity contribution is 5.94. The van der Waals surface area contributed by atoms with Crippen LogP contribution < -0.4 is 9.47 Å². The third-order valence-corrected chi connectivity index (χ3v) is 5.30. The van der Waals surface area contributed by atoms with Crippen molar-refractivity contribution in [3.8, 4) is 23.0 Å². The van der Waals surface area contributed by atoms with Gasteiger partial charge in [-0.2, -0.15) is 0 Å². The van der Waals surface area contributed by atoms with Crippen LogP contribution in [0.2, 0.25) is 0 Å². The second kappa shape index (κ2) is 5.29. The molecule has 1 atom stereocenters. The molecule has 5 nitrogen and oxygen atoms in total. The molecule has 3 aromatic carbocycles. The van der Waals surface area contributed by atoms with Crippen molar-refractivity contribution in [1.29, 1.82) is 0 Å². The minimum Gasteiger partial charge on any atom is -0.508 e. The average Bonchev–Trinajstić information content (AvgIpc) is 2.65. The number of phenols is 2. The highest BCUT2D eigenvalue weighted by Crippen LogP contribution is 2.55. The monoisotopic (exact) mass is 350 g/mol. The Hall–Kier alpha value is -2.92. The molecule has 0 fully saturated rings. The van der Waals surface area contributed by atoms with Crippen LogP contribution in [0.4, 0.5) is 0 Å². The van der Waals surface area contributed by atoms with Crippen LogP contribution in [0.15, 0.2) is 48.5 Å². The quantitative estimate of drug-likeness (QED) is 0.639. The van der Waals surface area contributed by atoms with E-state index in [1.54, 1.807) is 7.11 Å². The van der Waals surface area contributed by atoms with Gasteiger partial charge in [0.1, 0.15) is 23.0 Å². The minimum atomic E-state index is -1.20. The largest absolute Gasteiger partial charge is 0.508 e. The first-order chi connectivity index (χ1) is 12.6. The molecule has 0 unspecified atom stereocenters. The summed E-state index contributed by atoms with van der Waals surface area (Å²) in [6.07, 6.45) is 0.752. The number of rotatable bonds is 1. The zero-order valence-electron chi connectivity index (χ0n) is 14.2. The van der Waals surface area contributed by atoms with Gasteiger partial charge in [0.05, 0.1) is 17.1 Å². The summed E-state index contributed by atoms with van der Waals surface area (Å²) in [5.41, 5.74) is 0.951. The van der Waals surface area contributed by atoms with E-state index in [9.17, 15) is 10.2 Å². The third-order valence-electron chi connectivity index (χ3n) is 5.30. The Kier molecular flexibility index (Phi) is 3.12. The molecule has 2 aliphatic rings. The fourth-order valence-corrected chi connectivity index (χ4v) is 4.17. The fourth-order valence-electron chi connectivity index (χ4n) is 4.17. The Labute approximate surface area is 150 Å². The van der Waals surface area contributed by atoms with Crippen molar-refractivity contribution >= 4 is 10.8 Å². The molecule has 0 bridgehead atoms. The molecule has 132 valence electrons. The van der Waals surface area contributed by atoms with Crippen molar-refractivity contribution < 1.29 is 24.4 Å². The van der Waals surface area contributed by atoms with Crippen molar-refractivity contribution in [1.82, 2.24) is 0 Å². The first-order valence-corrected chi connectivity index (χ1v) is 8.61. The van der Waals surface area contributed by atoms with Crippen LogP contribution in [0, 0.1) is 0 Å². The first kappa shape index (κ1) is 15.3. The average molecular weight is 350 g/mol. The maximum atomic E-state index is 10.6. The van der Waals surface area contributed by atoms with Crippen LogP contribution in [0.1, 0.15) is 30.1 Å². The van der Waals surface area contributed by atoms with Crippen LogP contribution >= 0.6 is 0 Å². The van der Waals surface area contributed by atoms with Crippen molar-refractivity contribution in [3.63, 3.8) is 0 Å². The normalized spacial score (nSPS) is 19.7. The summed E-state index contributed by atoms with van der Waals surface area (Å²) in [5, 5.41) is 23.0. The summed E-state index contributed by atoms with van der Waals surface area (Å²) in [5.74, 6) is 0.289. The molecule has 26 heavy (non-hydrogen) atoms. The zero-order chi connectivity index (χ0) is 17.9. The number of aromatic hydroxyl groups is 2. The lowest BCUT2D eigenvalue weighted by molar-refractivity contribution is -0.150. The van der Waals surface area contributed by atoms with Gasteiger partial charge in [0.15, 0.2) is 0 Å². The fraction of sp³-hybridized carbons (Fsp3) is 0.238. The minimum absolute atomic E-state index is 0.0195. The van der Waals surface area contributed by atoms with Gasteiger partial charge in [0, 0.05) is 19.1 Å². The topological polar surface area (TPSA) is 68.2 Å². The van der Waals surface area contributed by atoms with Crippen molar-refractivity contribution in [2.75, 3.05) is 7.11 Å². The van der Waals surface area contributed by atoms with Gasteiger partial charge < -0.3 is 24.4 Å². The summed E-state index contributed by atoms with van der Waals surface area (Å²) < 4.78 is 18.2. The van der Waals surface area contributed by atoms with Gasteiger partial charge in [0.25, 0.3) is 5.79 Å². The second-order valence-corrected chi connectivity index (χ2v) is 6.72. The molecule has 5 heteroatoms. The van der Waals surface area contributed by atoms with Gasteiger partial charge in [-0.1, -0.05) is 24.3 Å². The lowest BCUT2D eigenvalue weighted by Crippen LogP contribution is -2.45. The highest BCUT2D eigenvalue weighted by Gasteiger charge is 2.50. The summed E-state index contributed by atoms with van der Waals surface area (Å²) in [6.45, 7) is 0. The van der Waals surface area contributed by atoms with E-state index in [0.29, 0.717) is 35.5 Å². The lowest BCUT2D eigenvalue weighted by atomic mass is 9.82. The van der Waals surface area contributed by atoms with Crippen LogP contribution in [-0.4, -0.2) is 17.3 Å². The van der Waals surface area contributed by atoms with E-state index >= 15 is 0 Å². The predicted molar refractivity (Wildman–Crippen MR) is 95.6 cm³/mol. The molecule has 1 aliphatic heterocycles. The van der Waals surface area contributed by atoms with Gasteiger partial charge in [-0.3, -0.25) is 0 Å². The predicted octanol–water partition coefficient (Wildman–Crippen LogP) is 4.36. The third kappa shape index (κ3) is 1.95. The molecule has 0 saturated carbocycles. The molecule has 0 saturated heterocycles. The molecule has 0 radical (unpaired) electrons. The molecule has 2 N–H and O–H groups in total. The summed E-state index contributed by atoms with van der Waals surface area (Å²) in [6, 6.07) is 14.6. The number of benzene rings is 3. The number of fused-ring (bicyclic) bond motifs is 2. The summed E-state index contributed by atoms with van der Waals surface area (Å²) in [4.78, 5) is 0. The van der Waals surface area contributed by atoms with Crippen molar-refractivity contribution in [2.45, 2.75) is 24.7 Å². The maximum Gasteiger partial charge on any atom is 0.282 e.